The van der Waals surface area contributed by atoms with Gasteiger partial charge in [0.1, 0.15) is 0 Å². The van der Waals surface area contributed by atoms with Crippen molar-refractivity contribution >= 4 is 33.0 Å². The fraction of sp³-hybridized carbons (Fsp3) is 0.0909. The molecule has 0 saturated heterocycles. The quantitative estimate of drug-likeness (QED) is 0.230. The molecule has 0 radical (unpaired) electrons. The molecule has 5 aromatic carbocycles. The van der Waals surface area contributed by atoms with E-state index in [0.29, 0.717) is 0 Å². The Morgan fingerprint density at radius 2 is 1.06 bits per heavy atom. The van der Waals surface area contributed by atoms with E-state index in [1.54, 1.807) is 0 Å². The van der Waals surface area contributed by atoms with Gasteiger partial charge in [0.05, 0.1) is 0 Å². The molecular weight excluding hydrogens is 490 g/mol. The van der Waals surface area contributed by atoms with E-state index in [2.05, 4.69) is 156 Å². The van der Waals surface area contributed by atoms with Crippen LogP contribution in [0.25, 0.3) is 22.3 Å². The summed E-state index contributed by atoms with van der Waals surface area (Å²) >= 11 is 3.53. The van der Waals surface area contributed by atoms with Gasteiger partial charge in [-0.2, -0.15) is 0 Å². The average molecular weight is 516 g/mol. The van der Waals surface area contributed by atoms with E-state index in [1.165, 1.54) is 39.1 Å². The highest BCUT2D eigenvalue weighted by molar-refractivity contribution is 9.10. The summed E-state index contributed by atoms with van der Waals surface area (Å²) in [4.78, 5) is 2.35. The van der Waals surface area contributed by atoms with Crippen molar-refractivity contribution in [2.45, 2.75) is 19.3 Å². The minimum Gasteiger partial charge on any atom is -0.310 e. The van der Waals surface area contributed by atoms with Gasteiger partial charge >= 0.3 is 0 Å². The van der Waals surface area contributed by atoms with Gasteiger partial charge in [-0.3, -0.25) is 0 Å². The third-order valence-electron chi connectivity index (χ3n) is 7.14. The van der Waals surface area contributed by atoms with Crippen molar-refractivity contribution in [3.8, 4) is 22.3 Å². The molecule has 0 fully saturated rings. The van der Waals surface area contributed by atoms with Crippen molar-refractivity contribution in [1.82, 2.24) is 0 Å². The summed E-state index contributed by atoms with van der Waals surface area (Å²) < 4.78 is 1.09. The molecule has 6 rings (SSSR count). The van der Waals surface area contributed by atoms with Crippen molar-refractivity contribution in [3.63, 3.8) is 0 Å². The number of para-hydroxylation sites is 1. The van der Waals surface area contributed by atoms with Gasteiger partial charge in [0, 0.05) is 26.9 Å². The first-order valence-electron chi connectivity index (χ1n) is 12.0. The van der Waals surface area contributed by atoms with Crippen LogP contribution in [0.4, 0.5) is 17.1 Å². The number of benzene rings is 5. The molecule has 0 heterocycles. The van der Waals surface area contributed by atoms with E-state index in [-0.39, 0.29) is 5.41 Å². The monoisotopic (exact) mass is 515 g/mol. The number of rotatable bonds is 4. The summed E-state index contributed by atoms with van der Waals surface area (Å²) in [5.41, 5.74) is 11.3. The van der Waals surface area contributed by atoms with Gasteiger partial charge in [-0.1, -0.05) is 103 Å². The van der Waals surface area contributed by atoms with Gasteiger partial charge in [-0.15, -0.1) is 0 Å². The number of halogens is 1. The molecule has 0 unspecified atom stereocenters. The summed E-state index contributed by atoms with van der Waals surface area (Å²) in [6, 6.07) is 43.7. The molecule has 0 aliphatic heterocycles. The largest absolute Gasteiger partial charge is 0.310 e. The zero-order valence-electron chi connectivity index (χ0n) is 19.9. The molecule has 35 heavy (non-hydrogen) atoms. The number of hydrogen-bond donors (Lipinski definition) is 0. The predicted octanol–water partition coefficient (Wildman–Crippen LogP) is 9.89. The lowest BCUT2D eigenvalue weighted by molar-refractivity contribution is 0.660. The second kappa shape index (κ2) is 8.55. The summed E-state index contributed by atoms with van der Waals surface area (Å²) in [5.74, 6) is 0. The molecule has 1 nitrogen and oxygen atoms in total. The molecule has 0 bridgehead atoms. The SMILES string of the molecule is CC1(C)c2ccccc2-c2ccc(N(c3ccccc3)c3ccc(-c4ccc(Br)cc4)cc3)cc21. The molecule has 1 aliphatic carbocycles. The van der Waals surface area contributed by atoms with E-state index in [9.17, 15) is 0 Å². The van der Waals surface area contributed by atoms with Crippen molar-refractivity contribution in [3.05, 3.63) is 137 Å². The molecule has 5 aromatic rings. The summed E-state index contributed by atoms with van der Waals surface area (Å²) in [7, 11) is 0. The van der Waals surface area contributed by atoms with Crippen molar-refractivity contribution in [2.24, 2.45) is 0 Å². The standard InChI is InChI=1S/C33H26BrN/c1-33(2)31-11-7-6-10-29(31)30-21-20-28(22-32(30)33)35(26-8-4-3-5-9-26)27-18-14-24(15-19-27)23-12-16-25(34)17-13-23/h3-22H,1-2H3. The van der Waals surface area contributed by atoms with Crippen LogP contribution in [-0.2, 0) is 5.41 Å². The van der Waals surface area contributed by atoms with Crippen molar-refractivity contribution < 1.29 is 0 Å². The highest BCUT2D eigenvalue weighted by Crippen LogP contribution is 2.50. The third-order valence-corrected chi connectivity index (χ3v) is 7.67. The van der Waals surface area contributed by atoms with Gasteiger partial charge in [0.2, 0.25) is 0 Å². The van der Waals surface area contributed by atoms with Gasteiger partial charge in [0.15, 0.2) is 0 Å². The Morgan fingerprint density at radius 3 is 1.77 bits per heavy atom. The molecule has 0 saturated carbocycles. The lowest BCUT2D eigenvalue weighted by Crippen LogP contribution is -2.16. The number of anilines is 3. The topological polar surface area (TPSA) is 3.24 Å². The van der Waals surface area contributed by atoms with Crippen LogP contribution in [0, 0.1) is 0 Å². The summed E-state index contributed by atoms with van der Waals surface area (Å²) in [6.45, 7) is 4.67. The van der Waals surface area contributed by atoms with Crippen molar-refractivity contribution in [2.75, 3.05) is 4.90 Å². The Kier molecular flexibility index (Phi) is 5.35. The zero-order valence-corrected chi connectivity index (χ0v) is 21.5. The first kappa shape index (κ1) is 21.9. The number of fused-ring (bicyclic) bond motifs is 3. The van der Waals surface area contributed by atoms with Gasteiger partial charge in [-0.25, -0.2) is 0 Å². The molecule has 0 N–H and O–H groups in total. The first-order valence-corrected chi connectivity index (χ1v) is 12.8. The molecule has 1 aliphatic rings. The Bertz CT molecular complexity index is 1500. The third kappa shape index (κ3) is 3.79. The van der Waals surface area contributed by atoms with Gasteiger partial charge < -0.3 is 4.90 Å². The lowest BCUT2D eigenvalue weighted by Gasteiger charge is -2.28. The highest BCUT2D eigenvalue weighted by Gasteiger charge is 2.35. The molecule has 2 heteroatoms. The fourth-order valence-corrected chi connectivity index (χ4v) is 5.57. The van der Waals surface area contributed by atoms with E-state index in [4.69, 9.17) is 0 Å². The smallest absolute Gasteiger partial charge is 0.0465 e. The fourth-order valence-electron chi connectivity index (χ4n) is 5.30. The van der Waals surface area contributed by atoms with Crippen LogP contribution in [0.3, 0.4) is 0 Å². The number of nitrogens with zero attached hydrogens (tertiary/aromatic N) is 1. The molecule has 170 valence electrons. The Balaban J connectivity index is 1.45. The van der Waals surface area contributed by atoms with Crippen LogP contribution in [0.15, 0.2) is 126 Å². The highest BCUT2D eigenvalue weighted by atomic mass is 79.9. The normalized spacial score (nSPS) is 13.2. The Labute approximate surface area is 215 Å². The predicted molar refractivity (Wildman–Crippen MR) is 152 cm³/mol. The van der Waals surface area contributed by atoms with E-state index < -0.39 is 0 Å². The van der Waals surface area contributed by atoms with Crippen LogP contribution >= 0.6 is 15.9 Å². The lowest BCUT2D eigenvalue weighted by atomic mass is 9.82. The second-order valence-corrected chi connectivity index (χ2v) is 10.5. The van der Waals surface area contributed by atoms with Gasteiger partial charge in [-0.05, 0) is 81.9 Å². The second-order valence-electron chi connectivity index (χ2n) is 9.63. The molecule has 0 amide bonds. The van der Waals surface area contributed by atoms with Crippen LogP contribution in [0.1, 0.15) is 25.0 Å². The Morgan fingerprint density at radius 1 is 0.514 bits per heavy atom. The number of hydrogen-bond acceptors (Lipinski definition) is 1. The van der Waals surface area contributed by atoms with Crippen LogP contribution in [0.5, 0.6) is 0 Å². The Hall–Kier alpha value is -3.62. The summed E-state index contributed by atoms with van der Waals surface area (Å²) in [6.07, 6.45) is 0. The van der Waals surface area contributed by atoms with E-state index in [0.717, 1.165) is 15.8 Å². The van der Waals surface area contributed by atoms with Crippen LogP contribution < -0.4 is 4.90 Å². The molecular formula is C33H26BrN. The maximum atomic E-state index is 3.53. The van der Waals surface area contributed by atoms with Crippen molar-refractivity contribution in [1.29, 1.82) is 0 Å². The first-order chi connectivity index (χ1) is 17.0. The van der Waals surface area contributed by atoms with E-state index in [1.807, 2.05) is 0 Å². The van der Waals surface area contributed by atoms with Crippen LogP contribution in [-0.4, -0.2) is 0 Å². The molecule has 0 atom stereocenters. The minimum atomic E-state index is -0.0320. The summed E-state index contributed by atoms with van der Waals surface area (Å²) in [5, 5.41) is 0. The maximum absolute atomic E-state index is 3.53. The minimum absolute atomic E-state index is 0.0320. The maximum Gasteiger partial charge on any atom is 0.0465 e. The molecule has 0 spiro atoms. The molecule has 0 aromatic heterocycles. The zero-order chi connectivity index (χ0) is 24.0. The average Bonchev–Trinajstić information content (AvgIpc) is 3.12. The van der Waals surface area contributed by atoms with Crippen LogP contribution in [0.2, 0.25) is 0 Å². The van der Waals surface area contributed by atoms with E-state index >= 15 is 0 Å². The van der Waals surface area contributed by atoms with Gasteiger partial charge in [0.25, 0.3) is 0 Å².